The number of hydrogen-bond donors (Lipinski definition) is 3. The molecule has 0 fully saturated rings. The summed E-state index contributed by atoms with van der Waals surface area (Å²) in [5, 5.41) is 12.2. The minimum Gasteiger partial charge on any atom is -0.397 e. The maximum absolute atomic E-state index is 8.89. The summed E-state index contributed by atoms with van der Waals surface area (Å²) in [5.41, 5.74) is 8.87. The third-order valence-electron chi connectivity index (χ3n) is 2.71. The van der Waals surface area contributed by atoms with Crippen molar-refractivity contribution in [1.29, 1.82) is 0 Å². The first kappa shape index (κ1) is 12.8. The van der Waals surface area contributed by atoms with Gasteiger partial charge >= 0.3 is 0 Å². The van der Waals surface area contributed by atoms with E-state index in [2.05, 4.69) is 18.3 Å². The fourth-order valence-electron chi connectivity index (χ4n) is 1.61. The molecule has 0 saturated heterocycles. The van der Waals surface area contributed by atoms with Gasteiger partial charge in [0.05, 0.1) is 11.4 Å². The molecule has 4 N–H and O–H groups in total. The maximum atomic E-state index is 8.89. The lowest BCUT2D eigenvalue weighted by atomic mass is 10.1. The lowest BCUT2D eigenvalue weighted by Gasteiger charge is -2.11. The molecule has 1 unspecified atom stereocenters. The van der Waals surface area contributed by atoms with Crippen LogP contribution in [0.25, 0.3) is 0 Å². The molecule has 0 amide bonds. The van der Waals surface area contributed by atoms with Gasteiger partial charge in [-0.25, -0.2) is 0 Å². The van der Waals surface area contributed by atoms with E-state index in [0.29, 0.717) is 5.92 Å². The number of anilines is 2. The minimum absolute atomic E-state index is 0.271. The van der Waals surface area contributed by atoms with Crippen LogP contribution >= 0.6 is 0 Å². The average molecular weight is 222 g/mol. The fourth-order valence-corrected chi connectivity index (χ4v) is 1.61. The van der Waals surface area contributed by atoms with E-state index >= 15 is 0 Å². The van der Waals surface area contributed by atoms with Gasteiger partial charge in [-0.15, -0.1) is 0 Å². The van der Waals surface area contributed by atoms with Crippen LogP contribution in [0.3, 0.4) is 0 Å². The van der Waals surface area contributed by atoms with E-state index < -0.39 is 0 Å². The standard InChI is InChI=1S/C13H22N2O/c1-10-5-6-13(12(14)8-10)15-7-3-4-11(2)9-16/h5-6,8,11,15-16H,3-4,7,9,14H2,1-2H3. The van der Waals surface area contributed by atoms with Gasteiger partial charge in [0.25, 0.3) is 0 Å². The smallest absolute Gasteiger partial charge is 0.0574 e. The Bertz CT molecular complexity index is 326. The van der Waals surface area contributed by atoms with E-state index in [-0.39, 0.29) is 6.61 Å². The van der Waals surface area contributed by atoms with Crippen molar-refractivity contribution in [1.82, 2.24) is 0 Å². The molecule has 0 aliphatic heterocycles. The van der Waals surface area contributed by atoms with Crippen molar-refractivity contribution in [3.63, 3.8) is 0 Å². The Morgan fingerprint density at radius 2 is 2.19 bits per heavy atom. The zero-order valence-electron chi connectivity index (χ0n) is 10.2. The van der Waals surface area contributed by atoms with Crippen LogP contribution in [-0.2, 0) is 0 Å². The average Bonchev–Trinajstić information content (AvgIpc) is 2.26. The van der Waals surface area contributed by atoms with Gasteiger partial charge < -0.3 is 16.2 Å². The molecule has 0 radical (unpaired) electrons. The monoisotopic (exact) mass is 222 g/mol. The number of rotatable bonds is 6. The molecule has 0 spiro atoms. The summed E-state index contributed by atoms with van der Waals surface area (Å²) in [6, 6.07) is 6.04. The molecule has 3 heteroatoms. The Morgan fingerprint density at radius 3 is 2.81 bits per heavy atom. The number of nitrogens with one attached hydrogen (secondary N) is 1. The van der Waals surface area contributed by atoms with Gasteiger partial charge in [-0.2, -0.15) is 0 Å². The van der Waals surface area contributed by atoms with Crippen molar-refractivity contribution >= 4 is 11.4 Å². The topological polar surface area (TPSA) is 58.3 Å². The van der Waals surface area contributed by atoms with E-state index in [1.54, 1.807) is 0 Å². The van der Waals surface area contributed by atoms with Gasteiger partial charge in [-0.1, -0.05) is 13.0 Å². The van der Waals surface area contributed by atoms with Gasteiger partial charge in [0.15, 0.2) is 0 Å². The molecule has 1 aromatic carbocycles. The predicted octanol–water partition coefficient (Wildman–Crippen LogP) is 2.40. The Hall–Kier alpha value is -1.22. The molecule has 1 rings (SSSR count). The summed E-state index contributed by atoms with van der Waals surface area (Å²) >= 11 is 0. The second-order valence-electron chi connectivity index (χ2n) is 4.45. The van der Waals surface area contributed by atoms with Crippen LogP contribution in [0.1, 0.15) is 25.3 Å². The van der Waals surface area contributed by atoms with Crippen molar-refractivity contribution < 1.29 is 5.11 Å². The third kappa shape index (κ3) is 4.11. The third-order valence-corrected chi connectivity index (χ3v) is 2.71. The van der Waals surface area contributed by atoms with Gasteiger partial charge in [-0.05, 0) is 43.4 Å². The van der Waals surface area contributed by atoms with E-state index in [0.717, 1.165) is 30.8 Å². The van der Waals surface area contributed by atoms with E-state index in [1.165, 1.54) is 5.56 Å². The second kappa shape index (κ2) is 6.38. The quantitative estimate of drug-likeness (QED) is 0.511. The van der Waals surface area contributed by atoms with Crippen molar-refractivity contribution in [3.05, 3.63) is 23.8 Å². The Labute approximate surface area is 97.7 Å². The van der Waals surface area contributed by atoms with Crippen LogP contribution in [0.4, 0.5) is 11.4 Å². The molecule has 90 valence electrons. The zero-order valence-corrected chi connectivity index (χ0v) is 10.2. The van der Waals surface area contributed by atoms with Crippen molar-refractivity contribution in [2.45, 2.75) is 26.7 Å². The summed E-state index contributed by atoms with van der Waals surface area (Å²) in [6.45, 7) is 5.26. The molecule has 0 aromatic heterocycles. The highest BCUT2D eigenvalue weighted by molar-refractivity contribution is 5.66. The maximum Gasteiger partial charge on any atom is 0.0574 e. The first-order valence-corrected chi connectivity index (χ1v) is 5.84. The number of nitrogens with two attached hydrogens (primary N) is 1. The number of hydrogen-bond acceptors (Lipinski definition) is 3. The van der Waals surface area contributed by atoms with E-state index in [1.807, 2.05) is 19.1 Å². The Kier molecular flexibility index (Phi) is 5.12. The van der Waals surface area contributed by atoms with Crippen LogP contribution in [0.2, 0.25) is 0 Å². The molecule has 0 saturated carbocycles. The molecule has 0 bridgehead atoms. The van der Waals surface area contributed by atoms with Gasteiger partial charge in [0.1, 0.15) is 0 Å². The predicted molar refractivity (Wildman–Crippen MR) is 69.6 cm³/mol. The lowest BCUT2D eigenvalue weighted by molar-refractivity contribution is 0.229. The molecule has 0 aliphatic rings. The Morgan fingerprint density at radius 1 is 1.44 bits per heavy atom. The highest BCUT2D eigenvalue weighted by Gasteiger charge is 2.01. The van der Waals surface area contributed by atoms with Crippen molar-refractivity contribution in [3.8, 4) is 0 Å². The van der Waals surface area contributed by atoms with Crippen LogP contribution in [-0.4, -0.2) is 18.3 Å². The normalized spacial score (nSPS) is 12.4. The zero-order chi connectivity index (χ0) is 12.0. The molecule has 0 aliphatic carbocycles. The number of nitrogen functional groups attached to an aromatic ring is 1. The molecule has 16 heavy (non-hydrogen) atoms. The summed E-state index contributed by atoms with van der Waals surface area (Å²) in [4.78, 5) is 0. The summed E-state index contributed by atoms with van der Waals surface area (Å²) in [7, 11) is 0. The number of aryl methyl sites for hydroxylation is 1. The highest BCUT2D eigenvalue weighted by Crippen LogP contribution is 2.19. The minimum atomic E-state index is 0.271. The lowest BCUT2D eigenvalue weighted by Crippen LogP contribution is -2.07. The number of aliphatic hydroxyl groups excluding tert-OH is 1. The largest absolute Gasteiger partial charge is 0.397 e. The van der Waals surface area contributed by atoms with Crippen molar-refractivity contribution in [2.24, 2.45) is 5.92 Å². The van der Waals surface area contributed by atoms with Gasteiger partial charge in [-0.3, -0.25) is 0 Å². The number of aliphatic hydroxyl groups is 1. The SMILES string of the molecule is Cc1ccc(NCCCC(C)CO)c(N)c1. The van der Waals surface area contributed by atoms with Crippen LogP contribution in [0, 0.1) is 12.8 Å². The van der Waals surface area contributed by atoms with Gasteiger partial charge in [0, 0.05) is 13.2 Å². The molecule has 0 heterocycles. The van der Waals surface area contributed by atoms with E-state index in [4.69, 9.17) is 10.8 Å². The highest BCUT2D eigenvalue weighted by atomic mass is 16.3. The van der Waals surface area contributed by atoms with Crippen LogP contribution < -0.4 is 11.1 Å². The van der Waals surface area contributed by atoms with E-state index in [9.17, 15) is 0 Å². The second-order valence-corrected chi connectivity index (χ2v) is 4.45. The van der Waals surface area contributed by atoms with Gasteiger partial charge in [0.2, 0.25) is 0 Å². The molecule has 1 aromatic rings. The first-order chi connectivity index (χ1) is 7.63. The summed E-state index contributed by atoms with van der Waals surface area (Å²) < 4.78 is 0. The van der Waals surface area contributed by atoms with Crippen molar-refractivity contribution in [2.75, 3.05) is 24.2 Å². The molecule has 3 nitrogen and oxygen atoms in total. The Balaban J connectivity index is 2.32. The van der Waals surface area contributed by atoms with Crippen LogP contribution in [0.15, 0.2) is 18.2 Å². The number of benzene rings is 1. The fraction of sp³-hybridized carbons (Fsp3) is 0.538. The first-order valence-electron chi connectivity index (χ1n) is 5.84. The summed E-state index contributed by atoms with van der Waals surface area (Å²) in [6.07, 6.45) is 2.09. The van der Waals surface area contributed by atoms with Crippen LogP contribution in [0.5, 0.6) is 0 Å². The molecular weight excluding hydrogens is 200 g/mol. The molecule has 1 atom stereocenters. The summed E-state index contributed by atoms with van der Waals surface area (Å²) in [5.74, 6) is 0.386. The molecular formula is C13H22N2O.